The minimum absolute atomic E-state index is 0.0406. The summed E-state index contributed by atoms with van der Waals surface area (Å²) in [7, 11) is 0. The van der Waals surface area contributed by atoms with E-state index in [1.165, 1.54) is 12.3 Å². The molecule has 1 heterocycles. The van der Waals surface area contributed by atoms with E-state index in [1.54, 1.807) is 0 Å². The van der Waals surface area contributed by atoms with Crippen LogP contribution in [-0.4, -0.2) is 44.2 Å². The summed E-state index contributed by atoms with van der Waals surface area (Å²) < 4.78 is 20.0. The molecular formula is C10H14FN3O4S. The molecule has 1 aromatic heterocycles. The highest BCUT2D eigenvalue weighted by molar-refractivity contribution is 7.75. The highest BCUT2D eigenvalue weighted by atomic mass is 32.1. The van der Waals surface area contributed by atoms with Gasteiger partial charge in [0.2, 0.25) is 0 Å². The van der Waals surface area contributed by atoms with Crippen molar-refractivity contribution in [2.75, 3.05) is 12.3 Å². The van der Waals surface area contributed by atoms with E-state index >= 15 is 0 Å². The molecule has 9 heteroatoms. The van der Waals surface area contributed by atoms with Crippen LogP contribution in [0.5, 0.6) is 0 Å². The van der Waals surface area contributed by atoms with Gasteiger partial charge in [0.05, 0.1) is 12.6 Å². The first-order valence-electron chi connectivity index (χ1n) is 5.56. The molecule has 2 rings (SSSR count). The van der Waals surface area contributed by atoms with E-state index in [0.29, 0.717) is 0 Å². The van der Waals surface area contributed by atoms with Crippen molar-refractivity contribution in [1.29, 1.82) is 0 Å². The van der Waals surface area contributed by atoms with Gasteiger partial charge < -0.3 is 20.1 Å². The number of hydrogen-bond donors (Lipinski definition) is 4. The van der Waals surface area contributed by atoms with Crippen LogP contribution in [-0.2, 0) is 4.18 Å². The van der Waals surface area contributed by atoms with Crippen LogP contribution in [0.1, 0.15) is 12.5 Å². The van der Waals surface area contributed by atoms with Crippen molar-refractivity contribution >= 4 is 18.7 Å². The Bertz CT molecular complexity index is 524. The summed E-state index contributed by atoms with van der Waals surface area (Å²) in [6.45, 7) is -0.585. The SMILES string of the molecule is Nc1ccn([C@@H]2CC2(F)[C@@H](O)C(CO)OS)c(=O)n1. The Morgan fingerprint density at radius 3 is 3.00 bits per heavy atom. The first-order chi connectivity index (χ1) is 8.93. The number of aliphatic hydroxyl groups is 2. The zero-order valence-electron chi connectivity index (χ0n) is 9.81. The molecule has 0 aliphatic heterocycles. The molecule has 1 saturated carbocycles. The van der Waals surface area contributed by atoms with E-state index in [4.69, 9.17) is 10.8 Å². The summed E-state index contributed by atoms with van der Waals surface area (Å²) in [5.41, 5.74) is 2.59. The number of hydrogen-bond acceptors (Lipinski definition) is 7. The molecule has 106 valence electrons. The Morgan fingerprint density at radius 1 is 1.79 bits per heavy atom. The van der Waals surface area contributed by atoms with Crippen LogP contribution in [0.25, 0.3) is 0 Å². The number of alkyl halides is 1. The van der Waals surface area contributed by atoms with Crippen LogP contribution in [0.15, 0.2) is 17.1 Å². The van der Waals surface area contributed by atoms with E-state index in [1.807, 2.05) is 0 Å². The molecule has 4 atom stereocenters. The van der Waals surface area contributed by atoms with Crippen molar-refractivity contribution in [1.82, 2.24) is 9.55 Å². The summed E-state index contributed by atoms with van der Waals surface area (Å²) in [6.07, 6.45) is -1.52. The van der Waals surface area contributed by atoms with Gasteiger partial charge in [-0.25, -0.2) is 9.18 Å². The Balaban J connectivity index is 2.20. The summed E-state index contributed by atoms with van der Waals surface area (Å²) in [6, 6.07) is 0.506. The second kappa shape index (κ2) is 5.08. The van der Waals surface area contributed by atoms with Gasteiger partial charge >= 0.3 is 5.69 Å². The third kappa shape index (κ3) is 2.46. The molecule has 0 amide bonds. The van der Waals surface area contributed by atoms with Gasteiger partial charge in [-0.1, -0.05) is 0 Å². The van der Waals surface area contributed by atoms with Gasteiger partial charge in [-0.2, -0.15) is 4.98 Å². The third-order valence-corrected chi connectivity index (χ3v) is 3.52. The average molecular weight is 291 g/mol. The molecule has 4 N–H and O–H groups in total. The van der Waals surface area contributed by atoms with Crippen LogP contribution in [0.3, 0.4) is 0 Å². The van der Waals surface area contributed by atoms with Crippen molar-refractivity contribution < 1.29 is 18.8 Å². The van der Waals surface area contributed by atoms with Crippen molar-refractivity contribution in [3.05, 3.63) is 22.7 Å². The standard InChI is InChI=1S/C10H14FN3O4S/c11-10(8(16)5(4-15)18-19)3-6(10)14-2-1-7(12)13-9(14)17/h1-2,5-6,8,15-16,19H,3-4H2,(H2,12,13,17)/t5?,6-,8+,10?/m1/s1. The highest BCUT2D eigenvalue weighted by Crippen LogP contribution is 2.54. The van der Waals surface area contributed by atoms with E-state index in [2.05, 4.69) is 22.1 Å². The van der Waals surface area contributed by atoms with Gasteiger partial charge in [-0.3, -0.25) is 4.57 Å². The number of anilines is 1. The topological polar surface area (TPSA) is 111 Å². The molecule has 1 aliphatic rings. The maximum absolute atomic E-state index is 14.5. The predicted octanol–water partition coefficient (Wildman–Crippen LogP) is -0.938. The lowest BCUT2D eigenvalue weighted by molar-refractivity contribution is -0.0447. The number of nitrogens with zero attached hydrogens (tertiary/aromatic N) is 2. The Labute approximate surface area is 113 Å². The Kier molecular flexibility index (Phi) is 3.81. The van der Waals surface area contributed by atoms with Crippen LogP contribution in [0, 0.1) is 0 Å². The number of aliphatic hydroxyl groups excluding tert-OH is 2. The van der Waals surface area contributed by atoms with Crippen molar-refractivity contribution in [3.8, 4) is 0 Å². The van der Waals surface area contributed by atoms with E-state index < -0.39 is 36.2 Å². The molecule has 2 unspecified atom stereocenters. The molecular weight excluding hydrogens is 277 g/mol. The lowest BCUT2D eigenvalue weighted by Gasteiger charge is -2.22. The first kappa shape index (κ1) is 14.3. The minimum atomic E-state index is -2.06. The first-order valence-corrected chi connectivity index (χ1v) is 5.93. The summed E-state index contributed by atoms with van der Waals surface area (Å²) >= 11 is 3.46. The second-order valence-corrected chi connectivity index (χ2v) is 4.67. The average Bonchev–Trinajstić information content (AvgIpc) is 3.04. The number of nitrogen functional groups attached to an aromatic ring is 1. The van der Waals surface area contributed by atoms with E-state index in [0.717, 1.165) is 4.57 Å². The van der Waals surface area contributed by atoms with Gasteiger partial charge in [0.1, 0.15) is 18.0 Å². The monoisotopic (exact) mass is 291 g/mol. The van der Waals surface area contributed by atoms with Gasteiger partial charge in [0, 0.05) is 12.6 Å². The number of thiol groups is 1. The molecule has 0 saturated heterocycles. The molecule has 0 radical (unpaired) electrons. The predicted molar refractivity (Wildman–Crippen MR) is 67.4 cm³/mol. The fraction of sp³-hybridized carbons (Fsp3) is 0.600. The number of nitrogens with two attached hydrogens (primary N) is 1. The fourth-order valence-corrected chi connectivity index (χ4v) is 2.23. The molecule has 19 heavy (non-hydrogen) atoms. The lowest BCUT2D eigenvalue weighted by Crippen LogP contribution is -2.41. The van der Waals surface area contributed by atoms with Crippen molar-refractivity contribution in [2.45, 2.75) is 30.3 Å². The molecule has 1 aromatic rings. The highest BCUT2D eigenvalue weighted by Gasteiger charge is 2.64. The largest absolute Gasteiger partial charge is 0.394 e. The maximum atomic E-state index is 14.5. The van der Waals surface area contributed by atoms with Gasteiger partial charge in [-0.05, 0) is 19.0 Å². The summed E-state index contributed by atoms with van der Waals surface area (Å²) in [5.74, 6) is 0.0406. The molecule has 7 nitrogen and oxygen atoms in total. The van der Waals surface area contributed by atoms with Gasteiger partial charge in [0.15, 0.2) is 5.67 Å². The summed E-state index contributed by atoms with van der Waals surface area (Å²) in [4.78, 5) is 15.1. The third-order valence-electron chi connectivity index (χ3n) is 3.25. The van der Waals surface area contributed by atoms with Gasteiger partial charge in [0.25, 0.3) is 0 Å². The van der Waals surface area contributed by atoms with Crippen molar-refractivity contribution in [2.24, 2.45) is 0 Å². The lowest BCUT2D eigenvalue weighted by atomic mass is 10.1. The maximum Gasteiger partial charge on any atom is 0.349 e. The number of rotatable bonds is 5. The zero-order valence-corrected chi connectivity index (χ0v) is 10.7. The van der Waals surface area contributed by atoms with Crippen LogP contribution in [0.4, 0.5) is 10.2 Å². The molecule has 1 aliphatic carbocycles. The molecule has 0 spiro atoms. The molecule has 0 bridgehead atoms. The smallest absolute Gasteiger partial charge is 0.349 e. The number of halogens is 1. The number of aromatic nitrogens is 2. The Hall–Kier alpha value is -1.16. The molecule has 0 aromatic carbocycles. The van der Waals surface area contributed by atoms with Crippen LogP contribution >= 0.6 is 12.9 Å². The summed E-state index contributed by atoms with van der Waals surface area (Å²) in [5, 5.41) is 18.8. The zero-order chi connectivity index (χ0) is 14.2. The Morgan fingerprint density at radius 2 is 2.47 bits per heavy atom. The second-order valence-electron chi connectivity index (χ2n) is 4.46. The molecule has 1 fully saturated rings. The minimum Gasteiger partial charge on any atom is -0.394 e. The quantitative estimate of drug-likeness (QED) is 0.412. The fourth-order valence-electron chi connectivity index (χ4n) is 2.05. The van der Waals surface area contributed by atoms with Crippen molar-refractivity contribution in [3.63, 3.8) is 0 Å². The van der Waals surface area contributed by atoms with Crippen LogP contribution < -0.4 is 11.4 Å². The normalized spacial score (nSPS) is 28.9. The van der Waals surface area contributed by atoms with E-state index in [-0.39, 0.29) is 12.2 Å². The van der Waals surface area contributed by atoms with Crippen LogP contribution in [0.2, 0.25) is 0 Å². The van der Waals surface area contributed by atoms with E-state index in [9.17, 15) is 14.3 Å². The van der Waals surface area contributed by atoms with Gasteiger partial charge in [-0.15, -0.1) is 0 Å².